The lowest BCUT2D eigenvalue weighted by Crippen LogP contribution is -2.41. The highest BCUT2D eigenvalue weighted by atomic mass is 32.2. The largest absolute Gasteiger partial charge is 0.496 e. The molecule has 0 atom stereocenters. The predicted molar refractivity (Wildman–Crippen MR) is 124 cm³/mol. The molecule has 3 aromatic rings. The summed E-state index contributed by atoms with van der Waals surface area (Å²) in [7, 11) is -1.01. The zero-order valence-electron chi connectivity index (χ0n) is 18.1. The van der Waals surface area contributed by atoms with E-state index >= 15 is 0 Å². The Labute approximate surface area is 192 Å². The van der Waals surface area contributed by atoms with E-state index in [1.807, 2.05) is 18.2 Å². The molecule has 0 spiro atoms. The minimum atomic E-state index is -4.11. The van der Waals surface area contributed by atoms with Crippen molar-refractivity contribution in [1.29, 1.82) is 0 Å². The number of hydrogen-bond donors (Lipinski definition) is 0. The van der Waals surface area contributed by atoms with E-state index in [1.54, 1.807) is 31.3 Å². The lowest BCUT2D eigenvalue weighted by atomic mass is 10.2. The number of non-ortho nitro benzene ring substituents is 1. The molecule has 172 valence electrons. The van der Waals surface area contributed by atoms with Crippen LogP contribution in [0.2, 0.25) is 0 Å². The van der Waals surface area contributed by atoms with E-state index in [4.69, 9.17) is 4.74 Å². The monoisotopic (exact) mass is 469 g/mol. The molecule has 0 N–H and O–H groups in total. The highest BCUT2D eigenvalue weighted by Crippen LogP contribution is 2.26. The standard InChI is InChI=1S/C23H23N3O6S/c1-24(16-18-8-6-7-11-22(18)32-2)23(27)17-25(19-12-14-20(15-13-19)26(28)29)33(30,31)21-9-4-3-5-10-21/h3-15H,16-17H2,1-2H3. The number of likely N-dealkylation sites (N-methyl/N-ethyl adjacent to an activating group) is 1. The van der Waals surface area contributed by atoms with Crippen molar-refractivity contribution in [3.8, 4) is 5.75 Å². The van der Waals surface area contributed by atoms with Crippen LogP contribution in [0.1, 0.15) is 5.56 Å². The smallest absolute Gasteiger partial charge is 0.269 e. The van der Waals surface area contributed by atoms with Crippen molar-refractivity contribution in [2.24, 2.45) is 0 Å². The van der Waals surface area contributed by atoms with Crippen molar-refractivity contribution >= 4 is 27.3 Å². The van der Waals surface area contributed by atoms with E-state index in [0.717, 1.165) is 9.87 Å². The van der Waals surface area contributed by atoms with Gasteiger partial charge in [-0.15, -0.1) is 0 Å². The van der Waals surface area contributed by atoms with Crippen LogP contribution in [-0.2, 0) is 21.4 Å². The van der Waals surface area contributed by atoms with Gasteiger partial charge in [-0.25, -0.2) is 8.42 Å². The normalized spacial score (nSPS) is 11.0. The topological polar surface area (TPSA) is 110 Å². The molecule has 0 bridgehead atoms. The van der Waals surface area contributed by atoms with Crippen molar-refractivity contribution in [2.45, 2.75) is 11.4 Å². The Hall–Kier alpha value is -3.92. The number of rotatable bonds is 9. The average Bonchev–Trinajstić information content (AvgIpc) is 2.83. The van der Waals surface area contributed by atoms with E-state index in [0.29, 0.717) is 5.75 Å². The number of amides is 1. The summed E-state index contributed by atoms with van der Waals surface area (Å²) < 4.78 is 33.0. The molecule has 3 aromatic carbocycles. The van der Waals surface area contributed by atoms with Crippen molar-refractivity contribution < 1.29 is 22.9 Å². The number of ether oxygens (including phenoxy) is 1. The highest BCUT2D eigenvalue weighted by molar-refractivity contribution is 7.92. The first-order chi connectivity index (χ1) is 15.7. The summed E-state index contributed by atoms with van der Waals surface area (Å²) in [5.41, 5.74) is 0.725. The number of carbonyl (C=O) groups is 1. The molecule has 0 unspecified atom stereocenters. The Morgan fingerprint density at radius 1 is 0.970 bits per heavy atom. The fourth-order valence-corrected chi connectivity index (χ4v) is 4.63. The molecular formula is C23H23N3O6S. The van der Waals surface area contributed by atoms with Gasteiger partial charge < -0.3 is 9.64 Å². The Balaban J connectivity index is 1.92. The molecule has 1 amide bonds. The first-order valence-electron chi connectivity index (χ1n) is 9.92. The number of anilines is 1. The first-order valence-corrected chi connectivity index (χ1v) is 11.4. The summed E-state index contributed by atoms with van der Waals surface area (Å²) in [5, 5.41) is 11.0. The number of methoxy groups -OCH3 is 1. The lowest BCUT2D eigenvalue weighted by Gasteiger charge is -2.27. The molecular weight excluding hydrogens is 446 g/mol. The van der Waals surface area contributed by atoms with Gasteiger partial charge in [0.1, 0.15) is 12.3 Å². The van der Waals surface area contributed by atoms with E-state index < -0.39 is 27.4 Å². The minimum Gasteiger partial charge on any atom is -0.496 e. The van der Waals surface area contributed by atoms with Crippen LogP contribution in [0.5, 0.6) is 5.75 Å². The Kier molecular flexibility index (Phi) is 7.29. The van der Waals surface area contributed by atoms with Crippen molar-refractivity contribution in [1.82, 2.24) is 4.90 Å². The SMILES string of the molecule is COc1ccccc1CN(C)C(=O)CN(c1ccc([N+](=O)[O-])cc1)S(=O)(=O)c1ccccc1. The molecule has 0 saturated carbocycles. The maximum Gasteiger partial charge on any atom is 0.269 e. The van der Waals surface area contributed by atoms with Gasteiger partial charge in [0.25, 0.3) is 15.7 Å². The lowest BCUT2D eigenvalue weighted by molar-refractivity contribution is -0.384. The summed E-state index contributed by atoms with van der Waals surface area (Å²) in [6, 6.07) is 19.9. The van der Waals surface area contributed by atoms with E-state index in [9.17, 15) is 23.3 Å². The predicted octanol–water partition coefficient (Wildman–Crippen LogP) is 3.46. The van der Waals surface area contributed by atoms with Crippen LogP contribution < -0.4 is 9.04 Å². The van der Waals surface area contributed by atoms with Crippen LogP contribution >= 0.6 is 0 Å². The third-order valence-corrected chi connectivity index (χ3v) is 6.77. The Morgan fingerprint density at radius 3 is 2.18 bits per heavy atom. The number of nitrogens with zero attached hydrogens (tertiary/aromatic N) is 3. The molecule has 33 heavy (non-hydrogen) atoms. The molecule has 9 nitrogen and oxygen atoms in total. The van der Waals surface area contributed by atoms with Gasteiger partial charge in [0.2, 0.25) is 5.91 Å². The van der Waals surface area contributed by atoms with Crippen molar-refractivity contribution in [3.05, 3.63) is 94.5 Å². The molecule has 0 aromatic heterocycles. The number of carbonyl (C=O) groups excluding carboxylic acids is 1. The van der Waals surface area contributed by atoms with Gasteiger partial charge in [-0.05, 0) is 30.3 Å². The number of nitro groups is 1. The molecule has 0 heterocycles. The number of hydrogen-bond acceptors (Lipinski definition) is 6. The zero-order valence-corrected chi connectivity index (χ0v) is 18.9. The number of para-hydroxylation sites is 1. The van der Waals surface area contributed by atoms with Gasteiger partial charge in [0.05, 0.1) is 22.6 Å². The van der Waals surface area contributed by atoms with Crippen molar-refractivity contribution in [3.63, 3.8) is 0 Å². The average molecular weight is 470 g/mol. The summed E-state index contributed by atoms with van der Waals surface area (Å²) in [4.78, 5) is 24.9. The van der Waals surface area contributed by atoms with E-state index in [2.05, 4.69) is 0 Å². The van der Waals surface area contributed by atoms with Crippen LogP contribution in [0.3, 0.4) is 0 Å². The van der Waals surface area contributed by atoms with Crippen LogP contribution in [0.4, 0.5) is 11.4 Å². The molecule has 0 radical (unpaired) electrons. The maximum atomic E-state index is 13.4. The molecule has 0 aliphatic rings. The van der Waals surface area contributed by atoms with Crippen LogP contribution in [0.25, 0.3) is 0 Å². The van der Waals surface area contributed by atoms with Gasteiger partial charge >= 0.3 is 0 Å². The quantitative estimate of drug-likeness (QED) is 0.351. The zero-order chi connectivity index (χ0) is 24.0. The Bertz CT molecular complexity index is 1230. The molecule has 0 saturated heterocycles. The van der Waals surface area contributed by atoms with Gasteiger partial charge in [-0.3, -0.25) is 19.2 Å². The molecule has 0 fully saturated rings. The number of nitro benzene ring substituents is 1. The Morgan fingerprint density at radius 2 is 1.58 bits per heavy atom. The summed E-state index contributed by atoms with van der Waals surface area (Å²) in [6.07, 6.45) is 0. The van der Waals surface area contributed by atoms with Gasteiger partial charge in [0, 0.05) is 31.3 Å². The third-order valence-electron chi connectivity index (χ3n) is 4.98. The molecule has 3 rings (SSSR count). The van der Waals surface area contributed by atoms with E-state index in [-0.39, 0.29) is 22.8 Å². The van der Waals surface area contributed by atoms with E-state index in [1.165, 1.54) is 48.4 Å². The number of benzene rings is 3. The molecule has 0 aliphatic carbocycles. The molecule has 10 heteroatoms. The second kappa shape index (κ2) is 10.1. The van der Waals surface area contributed by atoms with Gasteiger partial charge in [-0.2, -0.15) is 0 Å². The van der Waals surface area contributed by atoms with Gasteiger partial charge in [0.15, 0.2) is 0 Å². The fraction of sp³-hybridized carbons (Fsp3) is 0.174. The van der Waals surface area contributed by atoms with Crippen LogP contribution in [0.15, 0.2) is 83.8 Å². The van der Waals surface area contributed by atoms with Crippen molar-refractivity contribution in [2.75, 3.05) is 25.0 Å². The first kappa shape index (κ1) is 23.7. The molecule has 0 aliphatic heterocycles. The van der Waals surface area contributed by atoms with Gasteiger partial charge in [-0.1, -0.05) is 36.4 Å². The summed E-state index contributed by atoms with van der Waals surface area (Å²) in [6.45, 7) is -0.275. The second-order valence-corrected chi connectivity index (χ2v) is 9.02. The number of sulfonamides is 1. The van der Waals surface area contributed by atoms with Crippen LogP contribution in [-0.4, -0.2) is 44.9 Å². The third kappa shape index (κ3) is 5.47. The summed E-state index contributed by atoms with van der Waals surface area (Å²) in [5.74, 6) is 0.153. The second-order valence-electron chi connectivity index (χ2n) is 7.16. The maximum absolute atomic E-state index is 13.4. The van der Waals surface area contributed by atoms with Crippen LogP contribution in [0, 0.1) is 10.1 Å². The fourth-order valence-electron chi connectivity index (χ4n) is 3.20. The highest BCUT2D eigenvalue weighted by Gasteiger charge is 2.28. The minimum absolute atomic E-state index is 0.00327. The summed E-state index contributed by atoms with van der Waals surface area (Å²) >= 11 is 0.